The molecule has 11 heteroatoms. The van der Waals surface area contributed by atoms with Crippen LogP contribution >= 0.6 is 23.4 Å². The van der Waals surface area contributed by atoms with Crippen LogP contribution in [-0.2, 0) is 9.59 Å². The van der Waals surface area contributed by atoms with Gasteiger partial charge in [-0.3, -0.25) is 19.9 Å². The lowest BCUT2D eigenvalue weighted by atomic mass is 10.0. The Morgan fingerprint density at radius 2 is 2.12 bits per heavy atom. The fraction of sp³-hybridized carbons (Fsp3) is 0.286. The number of benzene rings is 2. The van der Waals surface area contributed by atoms with Crippen LogP contribution < -0.4 is 25.8 Å². The van der Waals surface area contributed by atoms with Gasteiger partial charge in [-0.25, -0.2) is 14.8 Å². The zero-order valence-electron chi connectivity index (χ0n) is 17.1. The van der Waals surface area contributed by atoms with Gasteiger partial charge in [0.25, 0.3) is 0 Å². The standard InChI is InChI=1S/C21H21ClFN5O3S/c1-2-31-14-6-4-13(5-7-14)28-20(30)15-10-24-27-19(15)26-21(28)32-11-18(29)25-17-8-3-12(22)9-16(17)23/h3-9,15,19,24,27H,2,10-11H2,1H3,(H,25,29). The maximum absolute atomic E-state index is 14.0. The number of amides is 2. The van der Waals surface area contributed by atoms with Gasteiger partial charge in [-0.1, -0.05) is 23.4 Å². The molecule has 8 nitrogen and oxygen atoms in total. The van der Waals surface area contributed by atoms with Crippen LogP contribution in [0.3, 0.4) is 0 Å². The summed E-state index contributed by atoms with van der Waals surface area (Å²) in [6, 6.07) is 11.1. The van der Waals surface area contributed by atoms with Gasteiger partial charge in [0.15, 0.2) is 5.17 Å². The fourth-order valence-corrected chi connectivity index (χ4v) is 4.38. The Morgan fingerprint density at radius 1 is 1.34 bits per heavy atom. The van der Waals surface area contributed by atoms with Crippen LogP contribution in [0.15, 0.2) is 47.5 Å². The SMILES string of the molecule is CCOc1ccc(N2C(=O)C3CNNC3N=C2SCC(=O)Nc2ccc(Cl)cc2F)cc1. The predicted octanol–water partition coefficient (Wildman–Crippen LogP) is 3.00. The first-order valence-corrected chi connectivity index (χ1v) is 11.3. The molecule has 2 heterocycles. The van der Waals surface area contributed by atoms with E-state index in [2.05, 4.69) is 21.2 Å². The molecule has 2 aliphatic rings. The van der Waals surface area contributed by atoms with Crippen molar-refractivity contribution in [1.82, 2.24) is 10.9 Å². The fourth-order valence-electron chi connectivity index (χ4n) is 3.37. The van der Waals surface area contributed by atoms with Crippen molar-refractivity contribution in [2.75, 3.05) is 29.1 Å². The molecular formula is C21H21ClFN5O3S. The number of ether oxygens (including phenoxy) is 1. The second kappa shape index (κ2) is 9.86. The van der Waals surface area contributed by atoms with E-state index in [0.717, 1.165) is 17.8 Å². The van der Waals surface area contributed by atoms with E-state index in [-0.39, 0.29) is 28.3 Å². The normalized spacial score (nSPS) is 20.0. The molecule has 2 unspecified atom stereocenters. The quantitative estimate of drug-likeness (QED) is 0.592. The van der Waals surface area contributed by atoms with E-state index >= 15 is 0 Å². The molecule has 0 bridgehead atoms. The lowest BCUT2D eigenvalue weighted by Crippen LogP contribution is -2.49. The molecule has 0 radical (unpaired) electrons. The Kier molecular flexibility index (Phi) is 6.95. The van der Waals surface area contributed by atoms with Gasteiger partial charge in [0.2, 0.25) is 11.8 Å². The first-order valence-electron chi connectivity index (χ1n) is 9.97. The minimum absolute atomic E-state index is 0.0340. The molecule has 4 rings (SSSR count). The van der Waals surface area contributed by atoms with Crippen LogP contribution in [-0.4, -0.2) is 42.1 Å². The summed E-state index contributed by atoms with van der Waals surface area (Å²) in [7, 11) is 0. The summed E-state index contributed by atoms with van der Waals surface area (Å²) < 4.78 is 19.4. The lowest BCUT2D eigenvalue weighted by Gasteiger charge is -2.32. The van der Waals surface area contributed by atoms with Crippen molar-refractivity contribution < 1.29 is 18.7 Å². The number of nitrogens with zero attached hydrogens (tertiary/aromatic N) is 2. The van der Waals surface area contributed by atoms with Gasteiger partial charge < -0.3 is 10.1 Å². The molecule has 0 spiro atoms. The molecule has 3 N–H and O–H groups in total. The number of anilines is 2. The molecule has 1 saturated heterocycles. The number of carbonyl (C=O) groups excluding carboxylic acids is 2. The summed E-state index contributed by atoms with van der Waals surface area (Å²) in [5.41, 5.74) is 6.59. The van der Waals surface area contributed by atoms with E-state index in [0.29, 0.717) is 29.8 Å². The van der Waals surface area contributed by atoms with Gasteiger partial charge in [-0.15, -0.1) is 0 Å². The summed E-state index contributed by atoms with van der Waals surface area (Å²) in [6.45, 7) is 2.88. The molecule has 2 atom stereocenters. The maximum Gasteiger partial charge on any atom is 0.241 e. The summed E-state index contributed by atoms with van der Waals surface area (Å²) in [4.78, 5) is 31.8. The van der Waals surface area contributed by atoms with E-state index in [1.807, 2.05) is 6.92 Å². The number of hydrogen-bond acceptors (Lipinski definition) is 7. The summed E-state index contributed by atoms with van der Waals surface area (Å²) in [6.07, 6.45) is -0.416. The smallest absolute Gasteiger partial charge is 0.241 e. The van der Waals surface area contributed by atoms with E-state index in [1.54, 1.807) is 24.3 Å². The number of amidine groups is 1. The minimum atomic E-state index is -0.624. The Balaban J connectivity index is 1.51. The molecular weight excluding hydrogens is 457 g/mol. The molecule has 2 aromatic carbocycles. The number of fused-ring (bicyclic) bond motifs is 1. The van der Waals surface area contributed by atoms with Gasteiger partial charge in [0, 0.05) is 11.6 Å². The van der Waals surface area contributed by atoms with Gasteiger partial charge in [0.1, 0.15) is 17.7 Å². The number of carbonyl (C=O) groups is 2. The molecule has 168 valence electrons. The second-order valence-corrected chi connectivity index (χ2v) is 8.43. The van der Waals surface area contributed by atoms with Gasteiger partial charge in [-0.2, -0.15) is 0 Å². The molecule has 0 aromatic heterocycles. The molecule has 0 aliphatic carbocycles. The number of halogens is 2. The van der Waals surface area contributed by atoms with Crippen molar-refractivity contribution in [3.8, 4) is 5.75 Å². The second-order valence-electron chi connectivity index (χ2n) is 7.05. The van der Waals surface area contributed by atoms with Crippen LogP contribution in [0.1, 0.15) is 6.92 Å². The highest BCUT2D eigenvalue weighted by Gasteiger charge is 2.42. The predicted molar refractivity (Wildman–Crippen MR) is 123 cm³/mol. The average molecular weight is 478 g/mol. The topological polar surface area (TPSA) is 95.1 Å². The largest absolute Gasteiger partial charge is 0.494 e. The van der Waals surface area contributed by atoms with E-state index in [9.17, 15) is 14.0 Å². The highest BCUT2D eigenvalue weighted by atomic mass is 35.5. The van der Waals surface area contributed by atoms with E-state index in [1.165, 1.54) is 17.0 Å². The van der Waals surface area contributed by atoms with Crippen molar-refractivity contribution in [1.29, 1.82) is 0 Å². The Morgan fingerprint density at radius 3 is 2.84 bits per heavy atom. The number of rotatable bonds is 6. The zero-order valence-corrected chi connectivity index (χ0v) is 18.7. The van der Waals surface area contributed by atoms with Crippen LogP contribution in [0.25, 0.3) is 0 Å². The van der Waals surface area contributed by atoms with Gasteiger partial charge in [-0.05, 0) is 49.4 Å². The van der Waals surface area contributed by atoms with Gasteiger partial charge >= 0.3 is 0 Å². The first-order chi connectivity index (χ1) is 15.5. The number of hydrazine groups is 1. The van der Waals surface area contributed by atoms with E-state index in [4.69, 9.17) is 16.3 Å². The average Bonchev–Trinajstić information content (AvgIpc) is 3.24. The molecule has 2 amide bonds. The molecule has 32 heavy (non-hydrogen) atoms. The summed E-state index contributed by atoms with van der Waals surface area (Å²) in [5.74, 6) is -0.912. The van der Waals surface area contributed by atoms with Crippen LogP contribution in [0.5, 0.6) is 5.75 Å². The molecule has 2 aliphatic heterocycles. The first kappa shape index (κ1) is 22.5. The lowest BCUT2D eigenvalue weighted by molar-refractivity contribution is -0.121. The van der Waals surface area contributed by atoms with Crippen molar-refractivity contribution >= 4 is 51.7 Å². The highest BCUT2D eigenvalue weighted by Crippen LogP contribution is 2.30. The number of aliphatic imine (C=N–C) groups is 1. The Hall–Kier alpha value is -2.66. The third-order valence-electron chi connectivity index (χ3n) is 4.87. The molecule has 2 aromatic rings. The number of nitrogens with one attached hydrogen (secondary N) is 3. The molecule has 0 saturated carbocycles. The number of thioether (sulfide) groups is 1. The zero-order chi connectivity index (χ0) is 22.7. The monoisotopic (exact) mass is 477 g/mol. The van der Waals surface area contributed by atoms with Crippen LogP contribution in [0.2, 0.25) is 5.02 Å². The van der Waals surface area contributed by atoms with Crippen LogP contribution in [0, 0.1) is 11.7 Å². The van der Waals surface area contributed by atoms with Crippen molar-refractivity contribution in [2.24, 2.45) is 10.9 Å². The van der Waals surface area contributed by atoms with Crippen molar-refractivity contribution in [3.05, 3.63) is 53.3 Å². The highest BCUT2D eigenvalue weighted by molar-refractivity contribution is 8.14. The van der Waals surface area contributed by atoms with Crippen molar-refractivity contribution in [3.63, 3.8) is 0 Å². The van der Waals surface area contributed by atoms with Gasteiger partial charge in [0.05, 0.1) is 29.7 Å². The third-order valence-corrected chi connectivity index (χ3v) is 6.06. The third kappa shape index (κ3) is 4.88. The number of hydrogen-bond donors (Lipinski definition) is 3. The van der Waals surface area contributed by atoms with Crippen LogP contribution in [0.4, 0.5) is 15.8 Å². The minimum Gasteiger partial charge on any atom is -0.494 e. The summed E-state index contributed by atoms with van der Waals surface area (Å²) in [5, 5.41) is 3.13. The Bertz CT molecular complexity index is 1050. The molecule has 1 fully saturated rings. The van der Waals surface area contributed by atoms with E-state index < -0.39 is 17.9 Å². The van der Waals surface area contributed by atoms with Crippen molar-refractivity contribution in [2.45, 2.75) is 13.1 Å². The summed E-state index contributed by atoms with van der Waals surface area (Å²) >= 11 is 6.85. The Labute approximate surface area is 193 Å². The maximum atomic E-state index is 14.0.